The Morgan fingerprint density at radius 3 is 2.45 bits per heavy atom. The third-order valence-corrected chi connectivity index (χ3v) is 9.36. The van der Waals surface area contributed by atoms with Gasteiger partial charge in [-0.2, -0.15) is 0 Å². The standard InChI is InChI=1S/C32H45N3O4S/c1-21-25(15-10-16-28(21)36)30(38)33-26(20-40-24-13-6-5-7-14-24)29(37)19-35-18-23-12-9-8-11-22(23)17-27(35)31(39)34-32(2,3)4/h5-7,10,13-16,22-23,26-27,29,36-37H,8-9,11-12,17-20H2,1-4H3,(H,33,38)(H,34,39)/t22-,23+,26?,27-,29?/m0/s1. The third kappa shape index (κ3) is 8.02. The Hall–Kier alpha value is -2.55. The van der Waals surface area contributed by atoms with Crippen LogP contribution in [0.1, 0.15) is 68.8 Å². The van der Waals surface area contributed by atoms with Gasteiger partial charge in [-0.05, 0) is 76.6 Å². The van der Waals surface area contributed by atoms with Crippen LogP contribution in [0.25, 0.3) is 0 Å². The molecule has 1 saturated heterocycles. The monoisotopic (exact) mass is 567 g/mol. The summed E-state index contributed by atoms with van der Waals surface area (Å²) < 4.78 is 0. The summed E-state index contributed by atoms with van der Waals surface area (Å²) >= 11 is 1.57. The number of carbonyl (C=O) groups excluding carboxylic acids is 2. The number of aliphatic hydroxyl groups excluding tert-OH is 1. The van der Waals surface area contributed by atoms with Crippen molar-refractivity contribution in [3.8, 4) is 5.75 Å². The molecule has 0 spiro atoms. The number of phenolic OH excluding ortho intramolecular Hbond substituents is 1. The molecule has 5 atom stereocenters. The Bertz CT molecular complexity index is 1150. The van der Waals surface area contributed by atoms with Crippen LogP contribution in [0, 0.1) is 18.8 Å². The molecule has 4 N–H and O–H groups in total. The lowest BCUT2D eigenvalue weighted by Gasteiger charge is -2.47. The second-order valence-electron chi connectivity index (χ2n) is 12.5. The van der Waals surface area contributed by atoms with E-state index in [9.17, 15) is 19.8 Å². The number of likely N-dealkylation sites (tertiary alicyclic amines) is 1. The van der Waals surface area contributed by atoms with Crippen LogP contribution in [-0.4, -0.2) is 69.5 Å². The summed E-state index contributed by atoms with van der Waals surface area (Å²) in [6.45, 7) is 8.76. The fraction of sp³-hybridized carbons (Fsp3) is 0.562. The first-order valence-corrected chi connectivity index (χ1v) is 15.5. The highest BCUT2D eigenvalue weighted by Crippen LogP contribution is 2.39. The average molecular weight is 568 g/mol. The predicted octanol–water partition coefficient (Wildman–Crippen LogP) is 4.75. The number of nitrogens with zero attached hydrogens (tertiary/aromatic N) is 1. The van der Waals surface area contributed by atoms with E-state index >= 15 is 0 Å². The molecule has 1 aliphatic heterocycles. The molecule has 1 aliphatic carbocycles. The van der Waals surface area contributed by atoms with Crippen LogP contribution in [0.3, 0.4) is 0 Å². The van der Waals surface area contributed by atoms with Gasteiger partial charge in [-0.25, -0.2) is 0 Å². The number of fused-ring (bicyclic) bond motifs is 1. The fourth-order valence-electron chi connectivity index (χ4n) is 6.06. The molecule has 7 nitrogen and oxygen atoms in total. The van der Waals surface area contributed by atoms with Crippen molar-refractivity contribution in [2.75, 3.05) is 18.8 Å². The van der Waals surface area contributed by atoms with Crippen LogP contribution >= 0.6 is 11.8 Å². The Labute approximate surface area is 243 Å². The number of aliphatic hydroxyl groups is 1. The zero-order valence-electron chi connectivity index (χ0n) is 24.2. The number of amides is 2. The van der Waals surface area contributed by atoms with Gasteiger partial charge in [-0.3, -0.25) is 14.5 Å². The highest BCUT2D eigenvalue weighted by molar-refractivity contribution is 7.99. The van der Waals surface area contributed by atoms with Gasteiger partial charge in [-0.1, -0.05) is 43.5 Å². The molecular formula is C32H45N3O4S. The van der Waals surface area contributed by atoms with Crippen molar-refractivity contribution >= 4 is 23.6 Å². The molecule has 2 aliphatic rings. The van der Waals surface area contributed by atoms with E-state index in [0.717, 1.165) is 30.7 Å². The second-order valence-corrected chi connectivity index (χ2v) is 13.6. The van der Waals surface area contributed by atoms with E-state index in [1.54, 1.807) is 36.9 Å². The molecule has 4 rings (SSSR count). The molecule has 2 aromatic rings. The number of piperidine rings is 1. The van der Waals surface area contributed by atoms with Crippen LogP contribution in [-0.2, 0) is 4.79 Å². The lowest BCUT2D eigenvalue weighted by molar-refractivity contribution is -0.132. The highest BCUT2D eigenvalue weighted by Gasteiger charge is 2.41. The largest absolute Gasteiger partial charge is 0.508 e. The number of aromatic hydroxyl groups is 1. The first kappa shape index (κ1) is 30.4. The fourth-order valence-corrected chi connectivity index (χ4v) is 7.09. The number of β-amino-alcohol motifs (C(OH)–C–C–N with tert-alkyl or cyclic N) is 1. The number of benzene rings is 2. The topological polar surface area (TPSA) is 102 Å². The van der Waals surface area contributed by atoms with Crippen molar-refractivity contribution < 1.29 is 19.8 Å². The van der Waals surface area contributed by atoms with Crippen LogP contribution in [0.2, 0.25) is 0 Å². The first-order chi connectivity index (χ1) is 19.0. The van der Waals surface area contributed by atoms with Crippen LogP contribution in [0.5, 0.6) is 5.75 Å². The molecule has 2 unspecified atom stereocenters. The maximum Gasteiger partial charge on any atom is 0.252 e. The number of hydrogen-bond acceptors (Lipinski definition) is 6. The summed E-state index contributed by atoms with van der Waals surface area (Å²) in [6, 6.07) is 13.9. The van der Waals surface area contributed by atoms with Gasteiger partial charge < -0.3 is 20.8 Å². The average Bonchev–Trinajstić information content (AvgIpc) is 2.91. The molecule has 8 heteroatoms. The SMILES string of the molecule is Cc1c(O)cccc1C(=O)NC(CSc1ccccc1)C(O)CN1C[C@H]2CCCC[C@H]2C[C@H]1C(=O)NC(C)(C)C. The highest BCUT2D eigenvalue weighted by atomic mass is 32.2. The normalized spacial score (nSPS) is 23.1. The van der Waals surface area contributed by atoms with Crippen molar-refractivity contribution in [3.63, 3.8) is 0 Å². The zero-order chi connectivity index (χ0) is 28.9. The van der Waals surface area contributed by atoms with E-state index in [1.165, 1.54) is 12.8 Å². The van der Waals surface area contributed by atoms with Crippen LogP contribution in [0.4, 0.5) is 0 Å². The van der Waals surface area contributed by atoms with E-state index in [4.69, 9.17) is 0 Å². The van der Waals surface area contributed by atoms with E-state index in [0.29, 0.717) is 35.3 Å². The minimum absolute atomic E-state index is 0.0124. The summed E-state index contributed by atoms with van der Waals surface area (Å²) in [5.74, 6) is 1.27. The third-order valence-electron chi connectivity index (χ3n) is 8.23. The van der Waals surface area contributed by atoms with E-state index in [2.05, 4.69) is 15.5 Å². The lowest BCUT2D eigenvalue weighted by atomic mass is 9.72. The maximum atomic E-state index is 13.5. The van der Waals surface area contributed by atoms with Gasteiger partial charge in [0.05, 0.1) is 18.2 Å². The minimum atomic E-state index is -0.886. The van der Waals surface area contributed by atoms with Gasteiger partial charge in [0, 0.05) is 40.4 Å². The lowest BCUT2D eigenvalue weighted by Crippen LogP contribution is -2.60. The number of hydrogen-bond donors (Lipinski definition) is 4. The second kappa shape index (κ2) is 13.4. The van der Waals surface area contributed by atoms with E-state index in [1.807, 2.05) is 51.1 Å². The number of phenols is 1. The smallest absolute Gasteiger partial charge is 0.252 e. The summed E-state index contributed by atoms with van der Waals surface area (Å²) in [5, 5.41) is 28.0. The van der Waals surface area contributed by atoms with Crippen molar-refractivity contribution in [1.82, 2.24) is 15.5 Å². The Balaban J connectivity index is 1.54. The van der Waals surface area contributed by atoms with E-state index in [-0.39, 0.29) is 29.1 Å². The van der Waals surface area contributed by atoms with Gasteiger partial charge >= 0.3 is 0 Å². The molecule has 40 heavy (non-hydrogen) atoms. The number of carbonyl (C=O) groups is 2. The molecule has 218 valence electrons. The maximum absolute atomic E-state index is 13.5. The molecule has 2 aromatic carbocycles. The van der Waals surface area contributed by atoms with Crippen molar-refractivity contribution in [1.29, 1.82) is 0 Å². The Morgan fingerprint density at radius 1 is 1.05 bits per heavy atom. The molecule has 1 saturated carbocycles. The number of thioether (sulfide) groups is 1. The minimum Gasteiger partial charge on any atom is -0.508 e. The summed E-state index contributed by atoms with van der Waals surface area (Å²) in [4.78, 5) is 30.0. The molecule has 0 aromatic heterocycles. The van der Waals surface area contributed by atoms with Gasteiger partial charge in [0.25, 0.3) is 5.91 Å². The first-order valence-electron chi connectivity index (χ1n) is 14.5. The quantitative estimate of drug-likeness (QED) is 0.327. The van der Waals surface area contributed by atoms with Gasteiger partial charge in [0.1, 0.15) is 5.75 Å². The summed E-state index contributed by atoms with van der Waals surface area (Å²) in [7, 11) is 0. The molecule has 2 amide bonds. The van der Waals surface area contributed by atoms with Crippen LogP contribution < -0.4 is 10.6 Å². The van der Waals surface area contributed by atoms with Crippen LogP contribution in [0.15, 0.2) is 53.4 Å². The molecule has 1 heterocycles. The predicted molar refractivity (Wildman–Crippen MR) is 161 cm³/mol. The summed E-state index contributed by atoms with van der Waals surface area (Å²) in [6.07, 6.45) is 4.67. The van der Waals surface area contributed by atoms with Crippen molar-refractivity contribution in [3.05, 3.63) is 59.7 Å². The zero-order valence-corrected chi connectivity index (χ0v) is 25.0. The Morgan fingerprint density at radius 2 is 1.75 bits per heavy atom. The molecular weight excluding hydrogens is 522 g/mol. The van der Waals surface area contributed by atoms with E-state index < -0.39 is 12.1 Å². The number of nitrogens with one attached hydrogen (secondary N) is 2. The molecule has 2 fully saturated rings. The van der Waals surface area contributed by atoms with Gasteiger partial charge in [-0.15, -0.1) is 11.8 Å². The summed E-state index contributed by atoms with van der Waals surface area (Å²) in [5.41, 5.74) is 0.543. The van der Waals surface area contributed by atoms with Gasteiger partial charge in [0.2, 0.25) is 5.91 Å². The molecule has 0 bridgehead atoms. The molecule has 0 radical (unpaired) electrons. The Kier molecular flexibility index (Phi) is 10.2. The van der Waals surface area contributed by atoms with Gasteiger partial charge in [0.15, 0.2) is 0 Å². The van der Waals surface area contributed by atoms with Crippen molar-refractivity contribution in [2.24, 2.45) is 11.8 Å². The van der Waals surface area contributed by atoms with Crippen molar-refractivity contribution in [2.45, 2.75) is 88.4 Å². The number of rotatable bonds is 9.